The van der Waals surface area contributed by atoms with Crippen molar-refractivity contribution in [2.24, 2.45) is 0 Å². The zero-order chi connectivity index (χ0) is 13.2. The van der Waals surface area contributed by atoms with Crippen LogP contribution in [0.1, 0.15) is 22.8 Å². The quantitative estimate of drug-likeness (QED) is 0.787. The van der Waals surface area contributed by atoms with Crippen molar-refractivity contribution in [3.63, 3.8) is 0 Å². The number of nitriles is 1. The van der Waals surface area contributed by atoms with Gasteiger partial charge < -0.3 is 4.74 Å². The highest BCUT2D eigenvalue weighted by Crippen LogP contribution is 2.33. The van der Waals surface area contributed by atoms with Gasteiger partial charge in [0.05, 0.1) is 17.2 Å². The Bertz CT molecular complexity index is 505. The number of carbonyl (C=O) groups excluding carboxylic acids is 1. The van der Waals surface area contributed by atoms with Gasteiger partial charge in [-0.1, -0.05) is 0 Å². The fourth-order valence-corrected chi connectivity index (χ4v) is 1.91. The number of hydrogen-bond donors (Lipinski definition) is 0. The molecule has 0 spiro atoms. The summed E-state index contributed by atoms with van der Waals surface area (Å²) in [4.78, 5) is 11.2. The molecule has 0 atom stereocenters. The molecule has 17 heavy (non-hydrogen) atoms. The second-order valence-electron chi connectivity index (χ2n) is 3.05. The van der Waals surface area contributed by atoms with Crippen molar-refractivity contribution in [3.8, 4) is 11.8 Å². The third kappa shape index (κ3) is 3.46. The first-order valence-electron chi connectivity index (χ1n) is 4.25. The molecule has 0 aliphatic heterocycles. The standard InChI is InChI=1S/C10H5BrF3NO2/c1-5(16)9-7(11)2-6(4-15)3-8(9)17-10(12,13)14/h2-3H,1H3. The fraction of sp³-hybridized carbons (Fsp3) is 0.200. The molecule has 0 aliphatic carbocycles. The number of ether oxygens (including phenoxy) is 1. The maximum absolute atomic E-state index is 12.1. The first-order valence-corrected chi connectivity index (χ1v) is 5.04. The topological polar surface area (TPSA) is 50.1 Å². The van der Waals surface area contributed by atoms with E-state index in [1.54, 1.807) is 6.07 Å². The van der Waals surface area contributed by atoms with E-state index in [-0.39, 0.29) is 15.6 Å². The van der Waals surface area contributed by atoms with E-state index in [4.69, 9.17) is 5.26 Å². The molecule has 3 nitrogen and oxygen atoms in total. The van der Waals surface area contributed by atoms with Gasteiger partial charge in [-0.05, 0) is 35.0 Å². The summed E-state index contributed by atoms with van der Waals surface area (Å²) in [5, 5.41) is 8.62. The van der Waals surface area contributed by atoms with Gasteiger partial charge in [0.25, 0.3) is 0 Å². The van der Waals surface area contributed by atoms with Gasteiger partial charge in [-0.2, -0.15) is 5.26 Å². The van der Waals surface area contributed by atoms with Crippen LogP contribution >= 0.6 is 15.9 Å². The Morgan fingerprint density at radius 3 is 2.47 bits per heavy atom. The first kappa shape index (κ1) is 13.5. The average Bonchev–Trinajstić information content (AvgIpc) is 2.13. The molecule has 0 aromatic heterocycles. The molecule has 0 aliphatic rings. The number of hydrogen-bond acceptors (Lipinski definition) is 3. The minimum absolute atomic E-state index is 0.0406. The van der Waals surface area contributed by atoms with Gasteiger partial charge in [0.2, 0.25) is 0 Å². The summed E-state index contributed by atoms with van der Waals surface area (Å²) in [5.41, 5.74) is -0.289. The summed E-state index contributed by atoms with van der Waals surface area (Å²) in [6.07, 6.45) is -4.92. The molecule has 0 radical (unpaired) electrons. The lowest BCUT2D eigenvalue weighted by Crippen LogP contribution is -2.19. The molecule has 1 aromatic rings. The number of benzene rings is 1. The Morgan fingerprint density at radius 2 is 2.06 bits per heavy atom. The average molecular weight is 308 g/mol. The highest BCUT2D eigenvalue weighted by Gasteiger charge is 2.33. The van der Waals surface area contributed by atoms with Gasteiger partial charge in [0.15, 0.2) is 5.78 Å². The summed E-state index contributed by atoms with van der Waals surface area (Å²) in [5.74, 6) is -1.28. The maximum atomic E-state index is 12.1. The molecule has 7 heteroatoms. The molecule has 0 saturated heterocycles. The lowest BCUT2D eigenvalue weighted by atomic mass is 10.1. The van der Waals surface area contributed by atoms with Crippen LogP contribution in [0.4, 0.5) is 13.2 Å². The Balaban J connectivity index is 3.39. The van der Waals surface area contributed by atoms with Gasteiger partial charge in [-0.15, -0.1) is 13.2 Å². The maximum Gasteiger partial charge on any atom is 0.573 e. The molecule has 0 heterocycles. The van der Waals surface area contributed by atoms with Gasteiger partial charge in [-0.3, -0.25) is 4.79 Å². The second-order valence-corrected chi connectivity index (χ2v) is 3.90. The molecule has 0 saturated carbocycles. The van der Waals surface area contributed by atoms with Gasteiger partial charge in [-0.25, -0.2) is 0 Å². The van der Waals surface area contributed by atoms with Crippen molar-refractivity contribution in [2.75, 3.05) is 0 Å². The van der Waals surface area contributed by atoms with E-state index in [1.807, 2.05) is 0 Å². The van der Waals surface area contributed by atoms with E-state index in [0.717, 1.165) is 13.0 Å². The Kier molecular flexibility index (Phi) is 3.78. The van der Waals surface area contributed by atoms with Gasteiger partial charge in [0.1, 0.15) is 5.75 Å². The summed E-state index contributed by atoms with van der Waals surface area (Å²) < 4.78 is 40.2. The van der Waals surface area contributed by atoms with Crippen molar-refractivity contribution < 1.29 is 22.7 Å². The van der Waals surface area contributed by atoms with Crippen molar-refractivity contribution in [2.45, 2.75) is 13.3 Å². The molecular formula is C10H5BrF3NO2. The van der Waals surface area contributed by atoms with Crippen LogP contribution in [0.3, 0.4) is 0 Å². The third-order valence-corrected chi connectivity index (χ3v) is 2.39. The normalized spacial score (nSPS) is 10.8. The van der Waals surface area contributed by atoms with Crippen LogP contribution in [-0.4, -0.2) is 12.1 Å². The molecule has 90 valence electrons. The summed E-state index contributed by atoms with van der Waals surface area (Å²) in [6, 6.07) is 3.79. The van der Waals surface area contributed by atoms with Crippen molar-refractivity contribution >= 4 is 21.7 Å². The number of halogens is 4. The molecular weight excluding hydrogens is 303 g/mol. The smallest absolute Gasteiger partial charge is 0.405 e. The highest BCUT2D eigenvalue weighted by atomic mass is 79.9. The lowest BCUT2D eigenvalue weighted by molar-refractivity contribution is -0.274. The molecule has 1 rings (SSSR count). The zero-order valence-corrected chi connectivity index (χ0v) is 10.0. The van der Waals surface area contributed by atoms with Gasteiger partial charge >= 0.3 is 6.36 Å². The largest absolute Gasteiger partial charge is 0.573 e. The number of ketones is 1. The van der Waals surface area contributed by atoms with Crippen LogP contribution < -0.4 is 4.74 Å². The van der Waals surface area contributed by atoms with Crippen LogP contribution in [0.25, 0.3) is 0 Å². The van der Waals surface area contributed by atoms with Crippen LogP contribution in [0.5, 0.6) is 5.75 Å². The Labute approximate surface area is 103 Å². The Hall–Kier alpha value is -1.55. The summed E-state index contributed by atoms with van der Waals surface area (Å²) in [7, 11) is 0. The molecule has 0 bridgehead atoms. The number of rotatable bonds is 2. The SMILES string of the molecule is CC(=O)c1c(Br)cc(C#N)cc1OC(F)(F)F. The summed E-state index contributed by atoms with van der Waals surface area (Å²) >= 11 is 2.93. The van der Waals surface area contributed by atoms with E-state index in [0.29, 0.717) is 0 Å². The first-order chi connectivity index (χ1) is 7.74. The van der Waals surface area contributed by atoms with Crippen molar-refractivity contribution in [1.29, 1.82) is 5.26 Å². The van der Waals surface area contributed by atoms with Crippen LogP contribution in [-0.2, 0) is 0 Å². The van der Waals surface area contributed by atoms with E-state index >= 15 is 0 Å². The van der Waals surface area contributed by atoms with Crippen LogP contribution in [0.15, 0.2) is 16.6 Å². The summed E-state index contributed by atoms with van der Waals surface area (Å²) in [6.45, 7) is 1.11. The van der Waals surface area contributed by atoms with Crippen LogP contribution in [0, 0.1) is 11.3 Å². The second kappa shape index (κ2) is 4.75. The predicted molar refractivity (Wildman–Crippen MR) is 55.5 cm³/mol. The zero-order valence-electron chi connectivity index (χ0n) is 8.43. The molecule has 0 unspecified atom stereocenters. The minimum atomic E-state index is -4.92. The number of nitrogens with zero attached hydrogens (tertiary/aromatic N) is 1. The molecule has 1 aromatic carbocycles. The van der Waals surface area contributed by atoms with E-state index < -0.39 is 17.9 Å². The molecule has 0 fully saturated rings. The van der Waals surface area contributed by atoms with E-state index in [2.05, 4.69) is 20.7 Å². The number of Topliss-reactive ketones (excluding diaryl/α,β-unsaturated/α-hetero) is 1. The van der Waals surface area contributed by atoms with Crippen molar-refractivity contribution in [1.82, 2.24) is 0 Å². The van der Waals surface area contributed by atoms with Crippen molar-refractivity contribution in [3.05, 3.63) is 27.7 Å². The number of carbonyl (C=O) groups is 1. The minimum Gasteiger partial charge on any atom is -0.405 e. The predicted octanol–water partition coefficient (Wildman–Crippen LogP) is 3.42. The lowest BCUT2D eigenvalue weighted by Gasteiger charge is -2.13. The monoisotopic (exact) mass is 307 g/mol. The number of alkyl halides is 3. The Morgan fingerprint density at radius 1 is 1.47 bits per heavy atom. The highest BCUT2D eigenvalue weighted by molar-refractivity contribution is 9.10. The van der Waals surface area contributed by atoms with Crippen LogP contribution in [0.2, 0.25) is 0 Å². The van der Waals surface area contributed by atoms with Gasteiger partial charge in [0, 0.05) is 4.47 Å². The van der Waals surface area contributed by atoms with E-state index in [9.17, 15) is 18.0 Å². The fourth-order valence-electron chi connectivity index (χ4n) is 1.19. The molecule has 0 amide bonds. The third-order valence-electron chi connectivity index (χ3n) is 1.76. The molecule has 0 N–H and O–H groups in total. The van der Waals surface area contributed by atoms with E-state index in [1.165, 1.54) is 6.07 Å².